The second-order valence-corrected chi connectivity index (χ2v) is 11.2. The lowest BCUT2D eigenvalue weighted by Gasteiger charge is -2.19. The SMILES string of the molecule is CC(C)C(NC(=O)C=Cc1ccc(S(=O)(=O)N2CCCCCC2)cc1)c1nc(C2CC2)no1. The molecular weight excluding hydrogens is 440 g/mol. The molecule has 1 amide bonds. The van der Waals surface area contributed by atoms with Crippen LogP contribution in [0.2, 0.25) is 0 Å². The van der Waals surface area contributed by atoms with Crippen molar-refractivity contribution < 1.29 is 17.7 Å². The van der Waals surface area contributed by atoms with Gasteiger partial charge in [-0.1, -0.05) is 44.0 Å². The molecule has 1 aliphatic heterocycles. The number of carbonyl (C=O) groups is 1. The van der Waals surface area contributed by atoms with Crippen LogP contribution in [0.15, 0.2) is 39.8 Å². The summed E-state index contributed by atoms with van der Waals surface area (Å²) in [6.45, 7) is 5.12. The lowest BCUT2D eigenvalue weighted by molar-refractivity contribution is -0.117. The molecule has 2 aliphatic rings. The van der Waals surface area contributed by atoms with Gasteiger partial charge in [-0.25, -0.2) is 8.42 Å². The van der Waals surface area contributed by atoms with Crippen molar-refractivity contribution in [2.24, 2.45) is 5.92 Å². The number of nitrogens with zero attached hydrogens (tertiary/aromatic N) is 3. The van der Waals surface area contributed by atoms with E-state index in [0.717, 1.165) is 49.9 Å². The van der Waals surface area contributed by atoms with Crippen LogP contribution >= 0.6 is 0 Å². The summed E-state index contributed by atoms with van der Waals surface area (Å²) in [4.78, 5) is 17.3. The van der Waals surface area contributed by atoms with E-state index >= 15 is 0 Å². The summed E-state index contributed by atoms with van der Waals surface area (Å²) in [6, 6.07) is 6.27. The molecule has 1 unspecified atom stereocenters. The molecule has 33 heavy (non-hydrogen) atoms. The van der Waals surface area contributed by atoms with Gasteiger partial charge in [-0.3, -0.25) is 4.79 Å². The van der Waals surface area contributed by atoms with Gasteiger partial charge < -0.3 is 9.84 Å². The van der Waals surface area contributed by atoms with Crippen LogP contribution in [-0.4, -0.2) is 41.9 Å². The van der Waals surface area contributed by atoms with E-state index in [2.05, 4.69) is 15.5 Å². The van der Waals surface area contributed by atoms with Crippen LogP contribution in [0.4, 0.5) is 0 Å². The zero-order chi connectivity index (χ0) is 23.4. The topological polar surface area (TPSA) is 105 Å². The van der Waals surface area contributed by atoms with E-state index in [-0.39, 0.29) is 22.8 Å². The minimum absolute atomic E-state index is 0.0818. The molecule has 1 aromatic carbocycles. The van der Waals surface area contributed by atoms with Crippen LogP contribution in [0.25, 0.3) is 6.08 Å². The summed E-state index contributed by atoms with van der Waals surface area (Å²) in [5, 5.41) is 6.98. The highest BCUT2D eigenvalue weighted by Gasteiger charge is 2.31. The number of rotatable bonds is 8. The van der Waals surface area contributed by atoms with Crippen LogP contribution in [-0.2, 0) is 14.8 Å². The van der Waals surface area contributed by atoms with E-state index < -0.39 is 10.0 Å². The van der Waals surface area contributed by atoms with Crippen molar-refractivity contribution >= 4 is 22.0 Å². The van der Waals surface area contributed by atoms with E-state index in [0.29, 0.717) is 24.9 Å². The van der Waals surface area contributed by atoms with Crippen molar-refractivity contribution in [3.8, 4) is 0 Å². The number of benzene rings is 1. The van der Waals surface area contributed by atoms with E-state index in [1.54, 1.807) is 34.6 Å². The Bertz CT molecular complexity index is 1080. The summed E-state index contributed by atoms with van der Waals surface area (Å²) < 4.78 is 32.8. The Morgan fingerprint density at radius 1 is 1.12 bits per heavy atom. The van der Waals surface area contributed by atoms with Crippen molar-refractivity contribution in [1.29, 1.82) is 0 Å². The Kier molecular flexibility index (Phi) is 7.29. The first kappa shape index (κ1) is 23.6. The third-order valence-electron chi connectivity index (χ3n) is 6.14. The van der Waals surface area contributed by atoms with E-state index in [9.17, 15) is 13.2 Å². The molecule has 8 nitrogen and oxygen atoms in total. The van der Waals surface area contributed by atoms with E-state index in [1.807, 2.05) is 13.8 Å². The van der Waals surface area contributed by atoms with Crippen LogP contribution in [0, 0.1) is 5.92 Å². The van der Waals surface area contributed by atoms with Gasteiger partial charge in [-0.15, -0.1) is 0 Å². The number of hydrogen-bond donors (Lipinski definition) is 1. The number of carbonyl (C=O) groups excluding carboxylic acids is 1. The van der Waals surface area contributed by atoms with Crippen molar-refractivity contribution in [2.45, 2.75) is 69.2 Å². The lowest BCUT2D eigenvalue weighted by Crippen LogP contribution is -2.31. The fourth-order valence-corrected chi connectivity index (χ4v) is 5.47. The molecule has 1 aromatic heterocycles. The predicted molar refractivity (Wildman–Crippen MR) is 125 cm³/mol. The Labute approximate surface area is 195 Å². The molecule has 1 saturated carbocycles. The van der Waals surface area contributed by atoms with Crippen molar-refractivity contribution in [2.75, 3.05) is 13.1 Å². The van der Waals surface area contributed by atoms with Crippen molar-refractivity contribution in [3.05, 3.63) is 47.6 Å². The zero-order valence-electron chi connectivity index (χ0n) is 19.2. The van der Waals surface area contributed by atoms with Gasteiger partial charge >= 0.3 is 0 Å². The number of aromatic nitrogens is 2. The van der Waals surface area contributed by atoms with E-state index in [4.69, 9.17) is 4.52 Å². The first-order valence-corrected chi connectivity index (χ1v) is 13.2. The molecule has 0 radical (unpaired) electrons. The Morgan fingerprint density at radius 3 is 2.39 bits per heavy atom. The lowest BCUT2D eigenvalue weighted by atomic mass is 10.0. The van der Waals surface area contributed by atoms with Gasteiger partial charge in [0.25, 0.3) is 0 Å². The Balaban J connectivity index is 1.38. The highest BCUT2D eigenvalue weighted by atomic mass is 32.2. The van der Waals surface area contributed by atoms with Gasteiger partial charge in [0, 0.05) is 25.1 Å². The zero-order valence-corrected chi connectivity index (χ0v) is 20.1. The molecular formula is C24H32N4O4S. The smallest absolute Gasteiger partial charge is 0.249 e. The highest BCUT2D eigenvalue weighted by molar-refractivity contribution is 7.89. The first-order valence-electron chi connectivity index (χ1n) is 11.8. The summed E-state index contributed by atoms with van der Waals surface area (Å²) in [7, 11) is -3.48. The minimum Gasteiger partial charge on any atom is -0.340 e. The van der Waals surface area contributed by atoms with Gasteiger partial charge in [0.05, 0.1) is 4.90 Å². The molecule has 0 bridgehead atoms. The molecule has 1 saturated heterocycles. The standard InChI is InChI=1S/C24H32N4O4S/c1-17(2)22(24-26-23(27-32-24)19-10-11-19)25-21(29)14-9-18-7-12-20(13-8-18)33(30,31)28-15-5-3-4-6-16-28/h7-9,12-14,17,19,22H,3-6,10-11,15-16H2,1-2H3,(H,25,29). The van der Waals surface area contributed by atoms with Gasteiger partial charge in [-0.2, -0.15) is 9.29 Å². The van der Waals surface area contributed by atoms with Crippen molar-refractivity contribution in [1.82, 2.24) is 19.8 Å². The number of hydrogen-bond acceptors (Lipinski definition) is 6. The molecule has 1 atom stereocenters. The Hall–Kier alpha value is -2.52. The van der Waals surface area contributed by atoms with Gasteiger partial charge in [0.15, 0.2) is 5.82 Å². The summed E-state index contributed by atoms with van der Waals surface area (Å²) in [6.07, 6.45) is 9.21. The number of nitrogens with one attached hydrogen (secondary N) is 1. The first-order chi connectivity index (χ1) is 15.8. The van der Waals surface area contributed by atoms with Crippen LogP contribution in [0.1, 0.15) is 81.6 Å². The maximum absolute atomic E-state index is 12.9. The number of amides is 1. The maximum Gasteiger partial charge on any atom is 0.249 e. The second-order valence-electron chi connectivity index (χ2n) is 9.22. The fourth-order valence-electron chi connectivity index (χ4n) is 3.95. The molecule has 9 heteroatoms. The summed E-state index contributed by atoms with van der Waals surface area (Å²) >= 11 is 0. The van der Waals surface area contributed by atoms with Gasteiger partial charge in [0.1, 0.15) is 6.04 Å². The molecule has 2 fully saturated rings. The quantitative estimate of drug-likeness (QED) is 0.582. The van der Waals surface area contributed by atoms with Gasteiger partial charge in [-0.05, 0) is 55.4 Å². The monoisotopic (exact) mass is 472 g/mol. The highest BCUT2D eigenvalue weighted by Crippen LogP contribution is 2.38. The molecule has 0 spiro atoms. The van der Waals surface area contributed by atoms with Crippen LogP contribution in [0.3, 0.4) is 0 Å². The van der Waals surface area contributed by atoms with Crippen LogP contribution < -0.4 is 5.32 Å². The van der Waals surface area contributed by atoms with Crippen molar-refractivity contribution in [3.63, 3.8) is 0 Å². The Morgan fingerprint density at radius 2 is 1.79 bits per heavy atom. The normalized spacial score (nSPS) is 19.0. The minimum atomic E-state index is -3.48. The average Bonchev–Trinajstić information content (AvgIpc) is 3.59. The second kappa shape index (κ2) is 10.2. The molecule has 4 rings (SSSR count). The molecule has 1 aliphatic carbocycles. The summed E-state index contributed by atoms with van der Waals surface area (Å²) in [5.74, 6) is 1.34. The molecule has 1 N–H and O–H groups in total. The molecule has 178 valence electrons. The fraction of sp³-hybridized carbons (Fsp3) is 0.542. The average molecular weight is 473 g/mol. The largest absolute Gasteiger partial charge is 0.340 e. The summed E-state index contributed by atoms with van der Waals surface area (Å²) in [5.41, 5.74) is 0.745. The third-order valence-corrected chi connectivity index (χ3v) is 8.05. The predicted octanol–water partition coefficient (Wildman–Crippen LogP) is 4.04. The number of sulfonamides is 1. The van der Waals surface area contributed by atoms with Crippen LogP contribution in [0.5, 0.6) is 0 Å². The van der Waals surface area contributed by atoms with E-state index in [1.165, 1.54) is 6.08 Å². The molecule has 2 heterocycles. The maximum atomic E-state index is 12.9. The molecule has 2 aromatic rings. The van der Waals surface area contributed by atoms with Gasteiger partial charge in [0.2, 0.25) is 21.8 Å². The third kappa shape index (κ3) is 5.89.